The van der Waals surface area contributed by atoms with Crippen molar-refractivity contribution in [3.63, 3.8) is 0 Å². The quantitative estimate of drug-likeness (QED) is 0.389. The van der Waals surface area contributed by atoms with Gasteiger partial charge in [-0.25, -0.2) is 9.97 Å². The fraction of sp³-hybridized carbons (Fsp3) is 0.667. The highest BCUT2D eigenvalue weighted by atomic mass is 31.2. The molecule has 0 spiro atoms. The zero-order valence-electron chi connectivity index (χ0n) is 17.3. The van der Waals surface area contributed by atoms with E-state index in [0.717, 1.165) is 0 Å². The van der Waals surface area contributed by atoms with E-state index >= 15 is 0 Å². The number of rotatable bonds is 7. The van der Waals surface area contributed by atoms with E-state index in [1.165, 1.54) is 13.3 Å². The molecule has 12 heteroatoms. The molecule has 1 aliphatic rings. The van der Waals surface area contributed by atoms with Crippen LogP contribution in [-0.4, -0.2) is 64.0 Å². The highest BCUT2D eigenvalue weighted by Crippen LogP contribution is 2.58. The number of aliphatic hydroxyl groups is 3. The van der Waals surface area contributed by atoms with Crippen LogP contribution in [0.5, 0.6) is 0 Å². The smallest absolute Gasteiger partial charge is 0.359 e. The van der Waals surface area contributed by atoms with Gasteiger partial charge in [-0.3, -0.25) is 4.57 Å². The lowest BCUT2D eigenvalue weighted by atomic mass is 9.97. The highest BCUT2D eigenvalue weighted by Gasteiger charge is 2.49. The first-order valence-electron chi connectivity index (χ1n) is 9.64. The molecule has 0 bridgehead atoms. The van der Waals surface area contributed by atoms with Crippen LogP contribution in [0.2, 0.25) is 0 Å². The normalized spacial score (nSPS) is 29.1. The summed E-state index contributed by atoms with van der Waals surface area (Å²) in [6, 6.07) is 1.68. The Hall–Kier alpha value is -1.59. The summed E-state index contributed by atoms with van der Waals surface area (Å²) in [4.78, 5) is 18.3. The minimum Gasteiger partial charge on any atom is -0.388 e. The molecule has 0 amide bonds. The molecule has 6 atom stereocenters. The molecular weight excluding hydrogens is 415 g/mol. The van der Waals surface area contributed by atoms with Crippen molar-refractivity contribution in [3.05, 3.63) is 18.6 Å². The van der Waals surface area contributed by atoms with Crippen LogP contribution in [0.15, 0.2) is 18.6 Å². The van der Waals surface area contributed by atoms with Gasteiger partial charge in [0.2, 0.25) is 0 Å². The van der Waals surface area contributed by atoms with Gasteiger partial charge in [0.25, 0.3) is 0 Å². The lowest BCUT2D eigenvalue weighted by molar-refractivity contribution is -0.0634. The molecule has 0 radical (unpaired) electrons. The Morgan fingerprint density at radius 1 is 1.30 bits per heavy atom. The maximum Gasteiger partial charge on any atom is 0.359 e. The fourth-order valence-corrected chi connectivity index (χ4v) is 4.82. The van der Waals surface area contributed by atoms with Crippen LogP contribution >= 0.6 is 7.60 Å². The van der Waals surface area contributed by atoms with E-state index in [9.17, 15) is 24.8 Å². The van der Waals surface area contributed by atoms with E-state index in [0.29, 0.717) is 11.0 Å². The summed E-state index contributed by atoms with van der Waals surface area (Å²) in [7, 11) is -4.39. The van der Waals surface area contributed by atoms with Crippen LogP contribution in [0.25, 0.3) is 11.0 Å². The molecule has 11 nitrogen and oxygen atoms in total. The zero-order chi connectivity index (χ0) is 22.5. The second-order valence-corrected chi connectivity index (χ2v) is 10.6. The largest absolute Gasteiger partial charge is 0.388 e. The van der Waals surface area contributed by atoms with Gasteiger partial charge in [-0.15, -0.1) is 0 Å². The lowest BCUT2D eigenvalue weighted by Crippen LogP contribution is -2.38. The topological polar surface area (TPSA) is 173 Å². The van der Waals surface area contributed by atoms with Gasteiger partial charge in [-0.2, -0.15) is 0 Å². The predicted molar refractivity (Wildman–Crippen MR) is 108 cm³/mol. The Bertz CT molecular complexity index is 963. The summed E-state index contributed by atoms with van der Waals surface area (Å²) in [5.74, 6) is 0.277. The van der Waals surface area contributed by atoms with E-state index in [-0.39, 0.29) is 18.7 Å². The van der Waals surface area contributed by atoms with Crippen molar-refractivity contribution in [2.45, 2.75) is 76.0 Å². The molecule has 3 rings (SSSR count). The summed E-state index contributed by atoms with van der Waals surface area (Å²) in [5.41, 5.74) is 5.04. The van der Waals surface area contributed by atoms with Crippen LogP contribution < -0.4 is 5.73 Å². The first kappa shape index (κ1) is 23.1. The van der Waals surface area contributed by atoms with Crippen molar-refractivity contribution in [1.82, 2.24) is 14.5 Å². The van der Waals surface area contributed by atoms with Gasteiger partial charge < -0.3 is 39.8 Å². The Balaban J connectivity index is 1.80. The van der Waals surface area contributed by atoms with Gasteiger partial charge in [-0.1, -0.05) is 6.92 Å². The summed E-state index contributed by atoms with van der Waals surface area (Å²) in [5, 5.41) is 30.0. The van der Waals surface area contributed by atoms with Crippen molar-refractivity contribution in [2.24, 2.45) is 0 Å². The molecule has 3 heterocycles. The molecule has 1 aliphatic heterocycles. The molecule has 0 aromatic carbocycles. The maximum atomic E-state index is 12.5. The first-order chi connectivity index (χ1) is 13.8. The van der Waals surface area contributed by atoms with Crippen molar-refractivity contribution < 1.29 is 34.0 Å². The second kappa shape index (κ2) is 7.83. The third-order valence-electron chi connectivity index (χ3n) is 5.49. The van der Waals surface area contributed by atoms with Crippen molar-refractivity contribution in [2.75, 3.05) is 5.73 Å². The Labute approximate surface area is 174 Å². The molecule has 30 heavy (non-hydrogen) atoms. The van der Waals surface area contributed by atoms with Crippen LogP contribution in [0.1, 0.15) is 46.8 Å². The third-order valence-corrected chi connectivity index (χ3v) is 7.77. The number of hydrogen-bond acceptors (Lipinski definition) is 9. The molecule has 4 unspecified atom stereocenters. The number of hydrogen-bond donors (Lipinski definition) is 5. The Morgan fingerprint density at radius 3 is 2.60 bits per heavy atom. The van der Waals surface area contributed by atoms with E-state index in [1.54, 1.807) is 37.6 Å². The van der Waals surface area contributed by atoms with Gasteiger partial charge in [0, 0.05) is 12.6 Å². The number of nitrogens with two attached hydrogens (primary N) is 1. The van der Waals surface area contributed by atoms with Crippen molar-refractivity contribution in [3.8, 4) is 0 Å². The molecule has 6 N–H and O–H groups in total. The maximum absolute atomic E-state index is 12.5. The predicted octanol–water partition coefficient (Wildman–Crippen LogP) is 1.12. The van der Waals surface area contributed by atoms with Gasteiger partial charge in [0.05, 0.1) is 17.1 Å². The van der Waals surface area contributed by atoms with E-state index in [1.807, 2.05) is 0 Å². The summed E-state index contributed by atoms with van der Waals surface area (Å²) in [6.07, 6.45) is -1.49. The van der Waals surface area contributed by atoms with Crippen LogP contribution in [0, 0.1) is 0 Å². The molecule has 0 aliphatic carbocycles. The van der Waals surface area contributed by atoms with Gasteiger partial charge in [0.15, 0.2) is 11.6 Å². The minimum atomic E-state index is -4.39. The summed E-state index contributed by atoms with van der Waals surface area (Å²) in [6.45, 7) is 5.91. The second-order valence-electron chi connectivity index (χ2n) is 8.41. The van der Waals surface area contributed by atoms with Crippen molar-refractivity contribution in [1.29, 1.82) is 0 Å². The summed E-state index contributed by atoms with van der Waals surface area (Å²) >= 11 is 0. The highest BCUT2D eigenvalue weighted by molar-refractivity contribution is 7.54. The third kappa shape index (κ3) is 4.11. The number of nitrogens with zero attached hydrogens (tertiary/aromatic N) is 3. The Kier molecular flexibility index (Phi) is 6.02. The molecular formula is C18H29N4O7P. The monoisotopic (exact) mass is 444 g/mol. The number of fused-ring (bicyclic) bond motifs is 1. The van der Waals surface area contributed by atoms with E-state index in [4.69, 9.17) is 15.0 Å². The number of anilines is 1. The van der Waals surface area contributed by atoms with E-state index in [2.05, 4.69) is 9.97 Å². The number of ether oxygens (including phenoxy) is 1. The number of nitrogen functional groups attached to an aromatic ring is 1. The van der Waals surface area contributed by atoms with Gasteiger partial charge in [-0.05, 0) is 33.3 Å². The lowest BCUT2D eigenvalue weighted by Gasteiger charge is -2.35. The van der Waals surface area contributed by atoms with Gasteiger partial charge in [0.1, 0.15) is 30.0 Å². The zero-order valence-corrected chi connectivity index (χ0v) is 18.2. The minimum absolute atomic E-state index is 0.0115. The SMILES string of the molecule is CCC(C)(O)P(=O)(O)OC(C)(C)CC1O[C@@H](n2ccc3c(N)ncnc32)[C@H](O)C1O. The fourth-order valence-electron chi connectivity index (χ4n) is 3.48. The van der Waals surface area contributed by atoms with E-state index < -0.39 is 43.1 Å². The summed E-state index contributed by atoms with van der Waals surface area (Å²) < 4.78 is 25.4. The first-order valence-corrected chi connectivity index (χ1v) is 11.2. The average Bonchev–Trinajstić information content (AvgIpc) is 3.18. The molecule has 1 fully saturated rings. The standard InChI is InChI=1S/C18H29N4O7P/c1-5-18(4,25)30(26,27)29-17(2,3)8-11-12(23)13(24)16(28-11)22-7-6-10-14(19)20-9-21-15(10)22/h6-7,9,11-13,16,23-25H,5,8H2,1-4H3,(H,26,27)(H2,19,20,21)/t11?,12?,13-,16-,18?/m1/s1. The number of aromatic nitrogens is 3. The molecule has 1 saturated heterocycles. The molecule has 2 aromatic heterocycles. The molecule has 168 valence electrons. The van der Waals surface area contributed by atoms with Crippen LogP contribution in [0.3, 0.4) is 0 Å². The van der Waals surface area contributed by atoms with Crippen LogP contribution in [0.4, 0.5) is 5.82 Å². The number of aliphatic hydroxyl groups excluding tert-OH is 2. The van der Waals surface area contributed by atoms with Crippen molar-refractivity contribution >= 4 is 24.4 Å². The molecule has 0 saturated carbocycles. The average molecular weight is 444 g/mol. The Morgan fingerprint density at radius 2 is 1.97 bits per heavy atom. The van der Waals surface area contributed by atoms with Gasteiger partial charge >= 0.3 is 7.60 Å². The van der Waals surface area contributed by atoms with Crippen LogP contribution in [-0.2, 0) is 13.8 Å². The molecule has 2 aromatic rings.